The monoisotopic (exact) mass is 248 g/mol. The van der Waals surface area contributed by atoms with Crippen molar-refractivity contribution in [2.45, 2.75) is 44.1 Å². The number of urea groups is 1. The van der Waals surface area contributed by atoms with Gasteiger partial charge in [0.15, 0.2) is 0 Å². The molecule has 1 saturated carbocycles. The highest BCUT2D eigenvalue weighted by Crippen LogP contribution is 2.27. The van der Waals surface area contributed by atoms with Gasteiger partial charge in [-0.2, -0.15) is 0 Å². The van der Waals surface area contributed by atoms with Crippen LogP contribution in [0.4, 0.5) is 4.79 Å². The Morgan fingerprint density at radius 1 is 1.33 bits per heavy atom. The molecule has 0 aromatic carbocycles. The van der Waals surface area contributed by atoms with Crippen LogP contribution in [0.15, 0.2) is 22.8 Å². The highest BCUT2D eigenvalue weighted by atomic mass is 16.3. The molecule has 0 bridgehead atoms. The van der Waals surface area contributed by atoms with Gasteiger partial charge >= 0.3 is 6.03 Å². The van der Waals surface area contributed by atoms with Gasteiger partial charge in [0.1, 0.15) is 5.76 Å². The number of nitrogens with zero attached hydrogens (tertiary/aromatic N) is 1. The smallest absolute Gasteiger partial charge is 0.317 e. The van der Waals surface area contributed by atoms with Gasteiger partial charge in [-0.1, -0.05) is 12.8 Å². The molecule has 2 heterocycles. The number of carbonyl (C=O) groups is 1. The van der Waals surface area contributed by atoms with Crippen molar-refractivity contribution < 1.29 is 9.21 Å². The van der Waals surface area contributed by atoms with E-state index in [1.54, 1.807) is 6.26 Å². The second-order valence-corrected chi connectivity index (χ2v) is 5.38. The lowest BCUT2D eigenvalue weighted by Crippen LogP contribution is -2.42. The highest BCUT2D eigenvalue weighted by Gasteiger charge is 2.30. The molecule has 3 rings (SSSR count). The first-order valence-electron chi connectivity index (χ1n) is 6.92. The van der Waals surface area contributed by atoms with Crippen molar-refractivity contribution in [3.63, 3.8) is 0 Å². The number of hydrogen-bond donors (Lipinski definition) is 1. The molecular formula is C14H20N2O2. The predicted octanol–water partition coefficient (Wildman–Crippen LogP) is 2.72. The Labute approximate surface area is 107 Å². The van der Waals surface area contributed by atoms with E-state index in [0.29, 0.717) is 12.0 Å². The normalized spacial score (nSPS) is 24.7. The Morgan fingerprint density at radius 2 is 2.17 bits per heavy atom. The summed E-state index contributed by atoms with van der Waals surface area (Å²) in [7, 11) is 0. The average Bonchev–Trinajstić information content (AvgIpc) is 3.11. The topological polar surface area (TPSA) is 45.5 Å². The third kappa shape index (κ3) is 2.37. The lowest BCUT2D eigenvalue weighted by molar-refractivity contribution is 0.204. The molecule has 1 unspecified atom stereocenters. The first kappa shape index (κ1) is 11.6. The summed E-state index contributed by atoms with van der Waals surface area (Å²) in [5, 5.41) is 3.14. The second kappa shape index (κ2) is 5.04. The van der Waals surface area contributed by atoms with E-state index in [-0.39, 0.29) is 6.03 Å². The Kier molecular flexibility index (Phi) is 3.26. The number of likely N-dealkylation sites (tertiary alicyclic amines) is 1. The first-order valence-corrected chi connectivity index (χ1v) is 6.92. The summed E-state index contributed by atoms with van der Waals surface area (Å²) in [6.45, 7) is 1.62. The molecule has 1 saturated heterocycles. The summed E-state index contributed by atoms with van der Waals surface area (Å²) in [5.74, 6) is 1.38. The van der Waals surface area contributed by atoms with Crippen molar-refractivity contribution >= 4 is 6.03 Å². The summed E-state index contributed by atoms with van der Waals surface area (Å²) in [4.78, 5) is 14.0. The van der Waals surface area contributed by atoms with Crippen molar-refractivity contribution in [1.82, 2.24) is 10.2 Å². The number of furan rings is 1. The summed E-state index contributed by atoms with van der Waals surface area (Å²) in [5.41, 5.74) is 0. The molecule has 0 radical (unpaired) electrons. The molecule has 1 aliphatic heterocycles. The fourth-order valence-electron chi connectivity index (χ4n) is 3.04. The van der Waals surface area contributed by atoms with E-state index in [0.717, 1.165) is 38.1 Å². The summed E-state index contributed by atoms with van der Waals surface area (Å²) in [6, 6.07) is 4.43. The number of hydrogen-bond acceptors (Lipinski definition) is 2. The second-order valence-electron chi connectivity index (χ2n) is 5.38. The minimum Gasteiger partial charge on any atom is -0.469 e. The molecule has 2 aliphatic rings. The van der Waals surface area contributed by atoms with Gasteiger partial charge in [0.25, 0.3) is 0 Å². The van der Waals surface area contributed by atoms with Crippen LogP contribution in [0.5, 0.6) is 0 Å². The van der Waals surface area contributed by atoms with E-state index >= 15 is 0 Å². The maximum atomic E-state index is 12.1. The Morgan fingerprint density at radius 3 is 2.89 bits per heavy atom. The molecule has 1 aromatic heterocycles. The highest BCUT2D eigenvalue weighted by molar-refractivity contribution is 5.75. The standard InChI is InChI=1S/C14H20N2O2/c17-14(15-12-4-1-2-5-12)16-8-7-11(10-16)13-6-3-9-18-13/h3,6,9,11-12H,1-2,4-5,7-8,10H2,(H,15,17). The minimum atomic E-state index is 0.107. The lowest BCUT2D eigenvalue weighted by atomic mass is 10.1. The molecule has 1 aliphatic carbocycles. The van der Waals surface area contributed by atoms with Gasteiger partial charge in [0.05, 0.1) is 6.26 Å². The molecule has 98 valence electrons. The molecule has 1 N–H and O–H groups in total. The molecule has 18 heavy (non-hydrogen) atoms. The molecule has 1 atom stereocenters. The number of nitrogens with one attached hydrogen (secondary N) is 1. The van der Waals surface area contributed by atoms with Gasteiger partial charge in [0, 0.05) is 25.0 Å². The molecule has 2 amide bonds. The summed E-state index contributed by atoms with van der Waals surface area (Å²) >= 11 is 0. The fraction of sp³-hybridized carbons (Fsp3) is 0.643. The van der Waals surface area contributed by atoms with E-state index < -0.39 is 0 Å². The van der Waals surface area contributed by atoms with E-state index in [1.165, 1.54) is 12.8 Å². The number of rotatable bonds is 2. The molecule has 2 fully saturated rings. The van der Waals surface area contributed by atoms with Crippen LogP contribution in [0.25, 0.3) is 0 Å². The minimum absolute atomic E-state index is 0.107. The van der Waals surface area contributed by atoms with Gasteiger partial charge in [-0.3, -0.25) is 0 Å². The zero-order valence-electron chi connectivity index (χ0n) is 10.6. The SMILES string of the molecule is O=C(NC1CCCC1)N1CCC(c2ccco2)C1. The lowest BCUT2D eigenvalue weighted by Gasteiger charge is -2.20. The van der Waals surface area contributed by atoms with Gasteiger partial charge < -0.3 is 14.6 Å². The van der Waals surface area contributed by atoms with Crippen LogP contribution in [-0.2, 0) is 0 Å². The quantitative estimate of drug-likeness (QED) is 0.874. The Balaban J connectivity index is 1.53. The molecule has 4 nitrogen and oxygen atoms in total. The molecule has 0 spiro atoms. The van der Waals surface area contributed by atoms with Crippen molar-refractivity contribution in [3.05, 3.63) is 24.2 Å². The van der Waals surface area contributed by atoms with Crippen LogP contribution >= 0.6 is 0 Å². The predicted molar refractivity (Wildman–Crippen MR) is 68.4 cm³/mol. The maximum absolute atomic E-state index is 12.1. The third-order valence-electron chi connectivity index (χ3n) is 4.10. The van der Waals surface area contributed by atoms with E-state index in [9.17, 15) is 4.79 Å². The van der Waals surface area contributed by atoms with Crippen molar-refractivity contribution in [3.8, 4) is 0 Å². The van der Waals surface area contributed by atoms with Crippen molar-refractivity contribution in [2.75, 3.05) is 13.1 Å². The Bertz CT molecular complexity index is 396. The van der Waals surface area contributed by atoms with Crippen LogP contribution in [0, 0.1) is 0 Å². The largest absolute Gasteiger partial charge is 0.469 e. The van der Waals surface area contributed by atoms with Crippen molar-refractivity contribution in [1.29, 1.82) is 0 Å². The van der Waals surface area contributed by atoms with Crippen LogP contribution in [-0.4, -0.2) is 30.1 Å². The average molecular weight is 248 g/mol. The van der Waals surface area contributed by atoms with Crippen molar-refractivity contribution in [2.24, 2.45) is 0 Å². The first-order chi connectivity index (χ1) is 8.83. The summed E-state index contributed by atoms with van der Waals surface area (Å²) < 4.78 is 5.42. The zero-order valence-corrected chi connectivity index (χ0v) is 10.6. The maximum Gasteiger partial charge on any atom is 0.317 e. The van der Waals surface area contributed by atoms with E-state index in [1.807, 2.05) is 17.0 Å². The Hall–Kier alpha value is -1.45. The fourth-order valence-corrected chi connectivity index (χ4v) is 3.04. The van der Waals surface area contributed by atoms with Crippen LogP contribution in [0.3, 0.4) is 0 Å². The van der Waals surface area contributed by atoms with Crippen LogP contribution in [0.2, 0.25) is 0 Å². The molecule has 4 heteroatoms. The van der Waals surface area contributed by atoms with Gasteiger partial charge in [-0.05, 0) is 31.4 Å². The molecular weight excluding hydrogens is 228 g/mol. The third-order valence-corrected chi connectivity index (χ3v) is 4.10. The van der Waals surface area contributed by atoms with Gasteiger partial charge in [-0.15, -0.1) is 0 Å². The number of carbonyl (C=O) groups excluding carboxylic acids is 1. The summed E-state index contributed by atoms with van der Waals surface area (Å²) in [6.07, 6.45) is 7.49. The van der Waals surface area contributed by atoms with E-state index in [2.05, 4.69) is 5.32 Å². The number of amides is 2. The van der Waals surface area contributed by atoms with E-state index in [4.69, 9.17) is 4.42 Å². The van der Waals surface area contributed by atoms with Gasteiger partial charge in [0.2, 0.25) is 0 Å². The van der Waals surface area contributed by atoms with Crippen LogP contribution in [0.1, 0.15) is 43.8 Å². The van der Waals surface area contributed by atoms with Crippen LogP contribution < -0.4 is 5.32 Å². The zero-order chi connectivity index (χ0) is 12.4. The van der Waals surface area contributed by atoms with Gasteiger partial charge in [-0.25, -0.2) is 4.79 Å². The molecule has 1 aromatic rings.